The van der Waals surface area contributed by atoms with Crippen LogP contribution < -0.4 is 15.4 Å². The molecule has 0 aromatic heterocycles. The average Bonchev–Trinajstić information content (AvgIpc) is 2.71. The number of rotatable bonds is 5. The molecule has 0 atom stereocenters. The molecular weight excluding hydrogens is 366 g/mol. The van der Waals surface area contributed by atoms with Crippen LogP contribution in [0.15, 0.2) is 42.5 Å². The van der Waals surface area contributed by atoms with E-state index >= 15 is 0 Å². The number of fused-ring (bicyclic) bond motifs is 1. The second-order valence-electron chi connectivity index (χ2n) is 5.87. The minimum Gasteiger partial charge on any atom is -0.467 e. The summed E-state index contributed by atoms with van der Waals surface area (Å²) in [5.41, 5.74) is 1.83. The summed E-state index contributed by atoms with van der Waals surface area (Å²) in [5.74, 6) is -0.201. The van der Waals surface area contributed by atoms with Crippen LogP contribution in [-0.2, 0) is 16.1 Å². The molecule has 2 aromatic carbocycles. The molecule has 0 radical (unpaired) electrons. The molecule has 28 heavy (non-hydrogen) atoms. The van der Waals surface area contributed by atoms with Crippen molar-refractivity contribution >= 4 is 29.3 Å². The monoisotopic (exact) mass is 383 g/mol. The summed E-state index contributed by atoms with van der Waals surface area (Å²) in [7, 11) is 1.53. The minimum atomic E-state index is -0.514. The number of nitro benzene ring substituents is 1. The van der Waals surface area contributed by atoms with E-state index in [0.29, 0.717) is 28.1 Å². The third-order valence-electron chi connectivity index (χ3n) is 3.99. The summed E-state index contributed by atoms with van der Waals surface area (Å²) >= 11 is 0. The Morgan fingerprint density at radius 1 is 1.21 bits per heavy atom. The second kappa shape index (κ2) is 8.31. The van der Waals surface area contributed by atoms with Gasteiger partial charge < -0.3 is 20.1 Å². The molecule has 0 spiro atoms. The molecule has 3 rings (SSSR count). The van der Waals surface area contributed by atoms with E-state index in [-0.39, 0.29) is 25.0 Å². The molecule has 0 unspecified atom stereocenters. The first-order valence-electron chi connectivity index (χ1n) is 8.31. The number of nitro groups is 1. The van der Waals surface area contributed by atoms with E-state index in [9.17, 15) is 19.7 Å². The number of benzene rings is 2. The normalized spacial score (nSPS) is 12.8. The van der Waals surface area contributed by atoms with Gasteiger partial charge in [-0.15, -0.1) is 0 Å². The van der Waals surface area contributed by atoms with Crippen LogP contribution in [0.3, 0.4) is 0 Å². The van der Waals surface area contributed by atoms with Gasteiger partial charge in [-0.1, -0.05) is 0 Å². The smallest absolute Gasteiger partial charge is 0.270 e. The van der Waals surface area contributed by atoms with Crippen LogP contribution in [0.4, 0.5) is 11.4 Å². The van der Waals surface area contributed by atoms with Gasteiger partial charge >= 0.3 is 0 Å². The number of anilines is 1. The van der Waals surface area contributed by atoms with Crippen molar-refractivity contribution in [2.45, 2.75) is 6.61 Å². The highest BCUT2D eigenvalue weighted by atomic mass is 16.7. The van der Waals surface area contributed by atoms with Crippen LogP contribution in [0.1, 0.15) is 21.5 Å². The van der Waals surface area contributed by atoms with Gasteiger partial charge in [-0.25, -0.2) is 0 Å². The van der Waals surface area contributed by atoms with Gasteiger partial charge in [0.1, 0.15) is 5.75 Å². The number of amides is 2. The molecular formula is C19H17N3O6. The SMILES string of the molecule is CNC(=O)c1ccc(NC(=O)/C=C/c2cc([N+](=O)[O-])cc3c2OCOC3)cc1. The number of nitrogens with one attached hydrogen (secondary N) is 2. The fourth-order valence-electron chi connectivity index (χ4n) is 2.66. The van der Waals surface area contributed by atoms with Gasteiger partial charge in [0, 0.05) is 47.6 Å². The van der Waals surface area contributed by atoms with Gasteiger partial charge in [0.2, 0.25) is 5.91 Å². The maximum Gasteiger partial charge on any atom is 0.270 e. The van der Waals surface area contributed by atoms with Crippen LogP contribution in [0.25, 0.3) is 6.08 Å². The summed E-state index contributed by atoms with van der Waals surface area (Å²) < 4.78 is 10.6. The number of hydrogen-bond donors (Lipinski definition) is 2. The minimum absolute atomic E-state index is 0.0372. The van der Waals surface area contributed by atoms with Crippen molar-refractivity contribution in [3.63, 3.8) is 0 Å². The van der Waals surface area contributed by atoms with Gasteiger partial charge in [-0.05, 0) is 30.3 Å². The fraction of sp³-hybridized carbons (Fsp3) is 0.158. The van der Waals surface area contributed by atoms with Gasteiger partial charge in [-0.3, -0.25) is 19.7 Å². The highest BCUT2D eigenvalue weighted by Gasteiger charge is 2.19. The predicted octanol–water partition coefficient (Wildman–Crippen LogP) is 2.47. The number of carbonyl (C=O) groups is 2. The van der Waals surface area contributed by atoms with Gasteiger partial charge in [-0.2, -0.15) is 0 Å². The van der Waals surface area contributed by atoms with E-state index < -0.39 is 10.8 Å². The van der Waals surface area contributed by atoms with Crippen molar-refractivity contribution in [3.8, 4) is 5.75 Å². The Labute approximate surface area is 160 Å². The lowest BCUT2D eigenvalue weighted by Crippen LogP contribution is -2.17. The zero-order chi connectivity index (χ0) is 20.1. The third-order valence-corrected chi connectivity index (χ3v) is 3.99. The predicted molar refractivity (Wildman–Crippen MR) is 101 cm³/mol. The molecule has 0 saturated carbocycles. The summed E-state index contributed by atoms with van der Waals surface area (Å²) in [6.07, 6.45) is 2.70. The molecule has 0 bridgehead atoms. The Morgan fingerprint density at radius 3 is 2.64 bits per heavy atom. The fourth-order valence-corrected chi connectivity index (χ4v) is 2.66. The van der Waals surface area contributed by atoms with Crippen molar-refractivity contribution in [2.24, 2.45) is 0 Å². The largest absolute Gasteiger partial charge is 0.467 e. The van der Waals surface area contributed by atoms with Crippen LogP contribution in [-0.4, -0.2) is 30.6 Å². The van der Waals surface area contributed by atoms with Crippen molar-refractivity contribution in [1.82, 2.24) is 5.32 Å². The molecule has 9 nitrogen and oxygen atoms in total. The van der Waals surface area contributed by atoms with Crippen molar-refractivity contribution in [1.29, 1.82) is 0 Å². The Bertz CT molecular complexity index is 953. The van der Waals surface area contributed by atoms with E-state index in [1.165, 1.54) is 31.3 Å². The van der Waals surface area contributed by atoms with Crippen molar-refractivity contribution < 1.29 is 24.0 Å². The maximum absolute atomic E-state index is 12.2. The molecule has 2 amide bonds. The molecule has 0 saturated heterocycles. The van der Waals surface area contributed by atoms with E-state index in [4.69, 9.17) is 9.47 Å². The summed E-state index contributed by atoms with van der Waals surface area (Å²) in [6.45, 7) is 0.233. The number of ether oxygens (including phenoxy) is 2. The number of hydrogen-bond acceptors (Lipinski definition) is 6. The van der Waals surface area contributed by atoms with Crippen LogP contribution in [0.5, 0.6) is 5.75 Å². The average molecular weight is 383 g/mol. The van der Waals surface area contributed by atoms with E-state index in [2.05, 4.69) is 10.6 Å². The molecule has 1 heterocycles. The van der Waals surface area contributed by atoms with Crippen LogP contribution in [0.2, 0.25) is 0 Å². The highest BCUT2D eigenvalue weighted by molar-refractivity contribution is 6.02. The Kier molecular flexibility index (Phi) is 5.66. The molecule has 1 aliphatic rings. The third kappa shape index (κ3) is 4.33. The van der Waals surface area contributed by atoms with Gasteiger partial charge in [0.05, 0.1) is 11.5 Å². The number of carbonyl (C=O) groups excluding carboxylic acids is 2. The maximum atomic E-state index is 12.2. The lowest BCUT2D eigenvalue weighted by molar-refractivity contribution is -0.385. The zero-order valence-corrected chi connectivity index (χ0v) is 14.9. The van der Waals surface area contributed by atoms with Crippen LogP contribution in [0, 0.1) is 10.1 Å². The summed E-state index contributed by atoms with van der Waals surface area (Å²) in [4.78, 5) is 34.3. The second-order valence-corrected chi connectivity index (χ2v) is 5.87. The van der Waals surface area contributed by atoms with E-state index in [0.717, 1.165) is 0 Å². The molecule has 2 aromatic rings. The van der Waals surface area contributed by atoms with Crippen molar-refractivity contribution in [2.75, 3.05) is 19.2 Å². The molecule has 2 N–H and O–H groups in total. The lowest BCUT2D eigenvalue weighted by Gasteiger charge is -2.19. The van der Waals surface area contributed by atoms with Crippen LogP contribution >= 0.6 is 0 Å². The van der Waals surface area contributed by atoms with Gasteiger partial charge in [0.25, 0.3) is 11.6 Å². The number of non-ortho nitro benzene ring substituents is 1. The summed E-state index contributed by atoms with van der Waals surface area (Å²) in [6, 6.07) is 9.11. The standard InChI is InChI=1S/C19H17N3O6/c1-20-19(24)12-2-5-15(6-3-12)21-17(23)7-4-13-8-16(22(25)26)9-14-10-27-11-28-18(13)14/h2-9H,10-11H2,1H3,(H,20,24)(H,21,23)/b7-4+. The highest BCUT2D eigenvalue weighted by Crippen LogP contribution is 2.33. The lowest BCUT2D eigenvalue weighted by atomic mass is 10.1. The first-order valence-corrected chi connectivity index (χ1v) is 8.31. The topological polar surface area (TPSA) is 120 Å². The Morgan fingerprint density at radius 2 is 1.96 bits per heavy atom. The van der Waals surface area contributed by atoms with Crippen molar-refractivity contribution in [3.05, 3.63) is 69.3 Å². The first kappa shape index (κ1) is 19.1. The van der Waals surface area contributed by atoms with E-state index in [1.807, 2.05) is 0 Å². The Balaban J connectivity index is 1.76. The van der Waals surface area contributed by atoms with Gasteiger partial charge in [0.15, 0.2) is 6.79 Å². The summed E-state index contributed by atoms with van der Waals surface area (Å²) in [5, 5.41) is 16.3. The molecule has 144 valence electrons. The Hall–Kier alpha value is -3.72. The molecule has 9 heteroatoms. The molecule has 1 aliphatic heterocycles. The first-order chi connectivity index (χ1) is 13.5. The van der Waals surface area contributed by atoms with E-state index in [1.54, 1.807) is 24.3 Å². The quantitative estimate of drug-likeness (QED) is 0.465. The zero-order valence-electron chi connectivity index (χ0n) is 14.9. The number of nitrogens with zero attached hydrogens (tertiary/aromatic N) is 1. The molecule has 0 fully saturated rings. The molecule has 0 aliphatic carbocycles.